The Morgan fingerprint density at radius 2 is 1.82 bits per heavy atom. The fourth-order valence-electron chi connectivity index (χ4n) is 3.36. The highest BCUT2D eigenvalue weighted by Gasteiger charge is 2.38. The third-order valence-corrected chi connectivity index (χ3v) is 4.55. The monoisotopic (exact) mass is 405 g/mol. The van der Waals surface area contributed by atoms with Gasteiger partial charge in [0.2, 0.25) is 0 Å². The summed E-state index contributed by atoms with van der Waals surface area (Å²) in [5, 5.41) is 7.68. The smallest absolute Gasteiger partial charge is 0.354 e. The quantitative estimate of drug-likeness (QED) is 0.613. The van der Waals surface area contributed by atoms with Gasteiger partial charge in [0, 0.05) is 25.4 Å². The molecule has 150 valence electrons. The molecule has 1 aliphatic heterocycles. The highest BCUT2D eigenvalue weighted by atomic mass is 19.4. The van der Waals surface area contributed by atoms with Crippen LogP contribution in [0, 0.1) is 0 Å². The van der Waals surface area contributed by atoms with E-state index in [2.05, 4.69) is 20.2 Å². The topological polar surface area (TPSA) is 64.1 Å². The van der Waals surface area contributed by atoms with Gasteiger partial charge in [-0.05, 0) is 18.9 Å². The Hall–Kier alpha value is -2.86. The fourth-order valence-corrected chi connectivity index (χ4v) is 3.36. The molecule has 0 aliphatic carbocycles. The summed E-state index contributed by atoms with van der Waals surface area (Å²) in [4.78, 5) is 8.71. The summed E-state index contributed by atoms with van der Waals surface area (Å²) in [7, 11) is 0. The van der Waals surface area contributed by atoms with Crippen LogP contribution < -0.4 is 4.90 Å². The molecule has 7 nitrogen and oxygen atoms in total. The largest absolute Gasteiger partial charge is 0.433 e. The Labute approximate surface area is 153 Å². The lowest BCUT2D eigenvalue weighted by Crippen LogP contribution is -2.39. The summed E-state index contributed by atoms with van der Waals surface area (Å²) in [6.07, 6.45) is -6.24. The van der Waals surface area contributed by atoms with Crippen LogP contribution in [0.3, 0.4) is 0 Å². The van der Waals surface area contributed by atoms with Gasteiger partial charge in [0.1, 0.15) is 17.8 Å². The molecule has 0 N–H and O–H groups in total. The van der Waals surface area contributed by atoms with Gasteiger partial charge in [-0.1, -0.05) is 0 Å². The van der Waals surface area contributed by atoms with Gasteiger partial charge in [0.05, 0.1) is 6.04 Å². The van der Waals surface area contributed by atoms with Gasteiger partial charge in [-0.15, -0.1) is 0 Å². The maximum absolute atomic E-state index is 13.2. The van der Waals surface area contributed by atoms with Gasteiger partial charge in [-0.25, -0.2) is 4.98 Å². The predicted octanol–water partition coefficient (Wildman–Crippen LogP) is 3.20. The average molecular weight is 405 g/mol. The van der Waals surface area contributed by atoms with E-state index in [1.807, 2.05) is 0 Å². The van der Waals surface area contributed by atoms with Crippen LogP contribution in [0.25, 0.3) is 5.78 Å². The minimum atomic E-state index is -4.69. The lowest BCUT2D eigenvalue weighted by Gasteiger charge is -2.35. The Morgan fingerprint density at radius 3 is 2.54 bits per heavy atom. The van der Waals surface area contributed by atoms with Gasteiger partial charge in [-0.2, -0.15) is 46.0 Å². The number of fused-ring (bicyclic) bond motifs is 1. The van der Waals surface area contributed by atoms with Gasteiger partial charge >= 0.3 is 12.4 Å². The normalized spacial score (nSPS) is 18.8. The molecule has 1 fully saturated rings. The molecule has 28 heavy (non-hydrogen) atoms. The van der Waals surface area contributed by atoms with E-state index in [1.165, 1.54) is 0 Å². The van der Waals surface area contributed by atoms with Crippen molar-refractivity contribution in [2.45, 2.75) is 31.2 Å². The van der Waals surface area contributed by atoms with Crippen LogP contribution in [0.5, 0.6) is 0 Å². The number of piperidine rings is 1. The van der Waals surface area contributed by atoms with Crippen LogP contribution in [0.1, 0.15) is 30.3 Å². The molecule has 0 aromatic carbocycles. The molecule has 13 heteroatoms. The lowest BCUT2D eigenvalue weighted by atomic mass is 10.1. The minimum Gasteiger partial charge on any atom is -0.354 e. The number of halogens is 6. The molecule has 0 spiro atoms. The van der Waals surface area contributed by atoms with Crippen molar-refractivity contribution in [2.75, 3.05) is 18.0 Å². The van der Waals surface area contributed by atoms with Crippen LogP contribution >= 0.6 is 0 Å². The molecule has 1 aliphatic rings. The van der Waals surface area contributed by atoms with Gasteiger partial charge < -0.3 is 4.90 Å². The highest BCUT2D eigenvalue weighted by molar-refractivity contribution is 5.48. The maximum Gasteiger partial charge on any atom is 0.433 e. The van der Waals surface area contributed by atoms with Crippen molar-refractivity contribution in [2.24, 2.45) is 0 Å². The number of nitrogens with zero attached hydrogens (tertiary/aromatic N) is 7. The van der Waals surface area contributed by atoms with Crippen LogP contribution in [-0.2, 0) is 12.4 Å². The fraction of sp³-hybridized carbons (Fsp3) is 0.467. The zero-order valence-corrected chi connectivity index (χ0v) is 14.1. The Morgan fingerprint density at radius 1 is 1.04 bits per heavy atom. The number of anilines is 1. The first-order chi connectivity index (χ1) is 13.1. The number of rotatable bonds is 2. The lowest BCUT2D eigenvalue weighted by molar-refractivity contribution is -0.145. The van der Waals surface area contributed by atoms with E-state index in [0.717, 1.165) is 33.9 Å². The van der Waals surface area contributed by atoms with Crippen LogP contribution in [0.4, 0.5) is 32.2 Å². The van der Waals surface area contributed by atoms with E-state index in [1.54, 1.807) is 4.90 Å². The highest BCUT2D eigenvalue weighted by Crippen LogP contribution is 2.35. The number of hydrogen-bond acceptors (Lipinski definition) is 5. The van der Waals surface area contributed by atoms with Crippen molar-refractivity contribution in [1.82, 2.24) is 29.4 Å². The standard InChI is InChI=1S/C15H13F6N7/c16-14(17,18)10-6-12(28-13(25-10)22-8-24-28)26-5-1-2-9(7-26)27-11(3-4-23-27)15(19,20)21/h3-4,6,8-9H,1-2,5,7H2. The van der Waals surface area contributed by atoms with E-state index < -0.39 is 29.8 Å². The predicted molar refractivity (Wildman–Crippen MR) is 83.5 cm³/mol. The Kier molecular flexibility index (Phi) is 4.19. The second-order valence-corrected chi connectivity index (χ2v) is 6.37. The van der Waals surface area contributed by atoms with Crippen molar-refractivity contribution in [3.05, 3.63) is 36.0 Å². The van der Waals surface area contributed by atoms with Crippen LogP contribution in [0.15, 0.2) is 24.7 Å². The van der Waals surface area contributed by atoms with Crippen molar-refractivity contribution in [3.63, 3.8) is 0 Å². The summed E-state index contributed by atoms with van der Waals surface area (Å²) in [6.45, 7) is 0.399. The first-order valence-electron chi connectivity index (χ1n) is 8.28. The molecule has 3 aromatic heterocycles. The third kappa shape index (κ3) is 3.24. The second-order valence-electron chi connectivity index (χ2n) is 6.37. The second kappa shape index (κ2) is 6.34. The Bertz CT molecular complexity index is 989. The SMILES string of the molecule is FC(F)(F)c1cc(N2CCCC(n3nccc3C(F)(F)F)C2)n2ncnc2n1. The summed E-state index contributed by atoms with van der Waals surface area (Å²) < 4.78 is 81.1. The number of alkyl halides is 6. The Balaban J connectivity index is 1.71. The zero-order chi connectivity index (χ0) is 20.1. The van der Waals surface area contributed by atoms with E-state index in [4.69, 9.17) is 0 Å². The van der Waals surface area contributed by atoms with Gasteiger partial charge in [-0.3, -0.25) is 4.68 Å². The van der Waals surface area contributed by atoms with Crippen LogP contribution in [-0.4, -0.2) is 42.5 Å². The van der Waals surface area contributed by atoms with Gasteiger partial charge in [0.25, 0.3) is 5.78 Å². The first-order valence-corrected chi connectivity index (χ1v) is 8.28. The summed E-state index contributed by atoms with van der Waals surface area (Å²) in [6, 6.07) is 1.06. The van der Waals surface area contributed by atoms with Crippen molar-refractivity contribution < 1.29 is 26.3 Å². The molecule has 1 atom stereocenters. The average Bonchev–Trinajstić information content (AvgIpc) is 3.29. The summed E-state index contributed by atoms with van der Waals surface area (Å²) in [5.74, 6) is -0.165. The van der Waals surface area contributed by atoms with Crippen molar-refractivity contribution in [1.29, 1.82) is 0 Å². The molecule has 1 unspecified atom stereocenters. The summed E-state index contributed by atoms with van der Waals surface area (Å²) >= 11 is 0. The molecule has 0 radical (unpaired) electrons. The molecule has 1 saturated heterocycles. The molecule has 0 bridgehead atoms. The van der Waals surface area contributed by atoms with E-state index in [9.17, 15) is 26.3 Å². The molecule has 4 heterocycles. The first kappa shape index (κ1) is 18.5. The van der Waals surface area contributed by atoms with E-state index >= 15 is 0 Å². The summed E-state index contributed by atoms with van der Waals surface area (Å²) in [5.41, 5.74) is -2.03. The third-order valence-electron chi connectivity index (χ3n) is 4.55. The number of aromatic nitrogens is 6. The van der Waals surface area contributed by atoms with E-state index in [0.29, 0.717) is 19.4 Å². The van der Waals surface area contributed by atoms with Gasteiger partial charge in [0.15, 0.2) is 5.69 Å². The minimum absolute atomic E-state index is 0.0427. The van der Waals surface area contributed by atoms with Crippen molar-refractivity contribution >= 4 is 11.6 Å². The molecule has 0 saturated carbocycles. The maximum atomic E-state index is 13.2. The van der Waals surface area contributed by atoms with Crippen LogP contribution in [0.2, 0.25) is 0 Å². The number of hydrogen-bond donors (Lipinski definition) is 0. The molecule has 3 aromatic rings. The van der Waals surface area contributed by atoms with E-state index in [-0.39, 0.29) is 18.1 Å². The molecular weight excluding hydrogens is 392 g/mol. The van der Waals surface area contributed by atoms with Crippen molar-refractivity contribution in [3.8, 4) is 0 Å². The molecular formula is C15H13F6N7. The zero-order valence-electron chi connectivity index (χ0n) is 14.1. The molecule has 4 rings (SSSR count). The molecule has 0 amide bonds.